The Hall–Kier alpha value is -2.35. The zero-order valence-electron chi connectivity index (χ0n) is 11.9. The van der Waals surface area contributed by atoms with Gasteiger partial charge in [0.1, 0.15) is 11.8 Å². The van der Waals surface area contributed by atoms with Crippen molar-refractivity contribution in [2.24, 2.45) is 0 Å². The number of hydrogen-bond acceptors (Lipinski definition) is 2. The van der Waals surface area contributed by atoms with Crippen LogP contribution in [0.5, 0.6) is 0 Å². The smallest absolute Gasteiger partial charge is 0.200 e. The minimum Gasteiger partial charge on any atom is -0.463 e. The lowest BCUT2D eigenvalue weighted by Gasteiger charge is -2.06. The summed E-state index contributed by atoms with van der Waals surface area (Å²) < 4.78 is 5.64. The molecule has 20 heavy (non-hydrogen) atoms. The maximum Gasteiger partial charge on any atom is 0.200 e. The fourth-order valence-electron chi connectivity index (χ4n) is 2.32. The highest BCUT2D eigenvalue weighted by Gasteiger charge is 2.10. The Balaban J connectivity index is 2.28. The van der Waals surface area contributed by atoms with E-state index in [-0.39, 0.29) is 5.43 Å². The van der Waals surface area contributed by atoms with Gasteiger partial charge in [0.25, 0.3) is 0 Å². The van der Waals surface area contributed by atoms with Crippen LogP contribution in [0.1, 0.15) is 16.7 Å². The van der Waals surface area contributed by atoms with E-state index in [0.29, 0.717) is 16.5 Å². The summed E-state index contributed by atoms with van der Waals surface area (Å²) in [5.74, 6) is 0. The third-order valence-corrected chi connectivity index (χ3v) is 3.75. The van der Waals surface area contributed by atoms with Gasteiger partial charge in [0.05, 0.1) is 10.9 Å². The molecule has 3 rings (SSSR count). The van der Waals surface area contributed by atoms with Crippen LogP contribution in [0.15, 0.2) is 51.9 Å². The fraction of sp³-hybridized carbons (Fsp3) is 0.167. The average molecular weight is 264 g/mol. The minimum absolute atomic E-state index is 0.0261. The van der Waals surface area contributed by atoms with Gasteiger partial charge in [-0.15, -0.1) is 0 Å². The van der Waals surface area contributed by atoms with E-state index in [2.05, 4.69) is 0 Å². The topological polar surface area (TPSA) is 30.2 Å². The molecule has 1 aromatic heterocycles. The molecule has 0 aliphatic carbocycles. The summed E-state index contributed by atoms with van der Waals surface area (Å²) in [4.78, 5) is 12.6. The standard InChI is InChI=1S/C18H16O2/c1-11-4-6-14(7-5-11)16-10-20-17-9-13(3)12(2)8-15(17)18(16)19/h4-10H,1-3H3. The van der Waals surface area contributed by atoms with E-state index < -0.39 is 0 Å². The van der Waals surface area contributed by atoms with Crippen molar-refractivity contribution in [1.82, 2.24) is 0 Å². The van der Waals surface area contributed by atoms with E-state index in [4.69, 9.17) is 4.42 Å². The molecular weight excluding hydrogens is 248 g/mol. The SMILES string of the molecule is Cc1ccc(-c2coc3cc(C)c(C)cc3c2=O)cc1. The van der Waals surface area contributed by atoms with Gasteiger partial charge in [0.15, 0.2) is 5.43 Å². The van der Waals surface area contributed by atoms with Gasteiger partial charge in [-0.2, -0.15) is 0 Å². The lowest BCUT2D eigenvalue weighted by atomic mass is 10.0. The summed E-state index contributed by atoms with van der Waals surface area (Å²) in [6.07, 6.45) is 1.56. The Bertz CT molecular complexity index is 840. The first kappa shape index (κ1) is 12.7. The van der Waals surface area contributed by atoms with Crippen molar-refractivity contribution < 1.29 is 4.42 Å². The number of benzene rings is 2. The van der Waals surface area contributed by atoms with Crippen molar-refractivity contribution in [3.05, 3.63) is 69.6 Å². The van der Waals surface area contributed by atoms with Gasteiger partial charge in [-0.25, -0.2) is 0 Å². The number of hydrogen-bond donors (Lipinski definition) is 0. The van der Waals surface area contributed by atoms with Gasteiger partial charge >= 0.3 is 0 Å². The molecule has 2 aromatic carbocycles. The van der Waals surface area contributed by atoms with E-state index in [0.717, 1.165) is 16.7 Å². The Labute approximate surface area is 117 Å². The molecule has 0 unspecified atom stereocenters. The third kappa shape index (κ3) is 2.03. The summed E-state index contributed by atoms with van der Waals surface area (Å²) >= 11 is 0. The second kappa shape index (κ2) is 4.64. The number of rotatable bonds is 1. The van der Waals surface area contributed by atoms with E-state index in [1.807, 2.05) is 57.2 Å². The van der Waals surface area contributed by atoms with Crippen LogP contribution in [-0.4, -0.2) is 0 Å². The second-order valence-electron chi connectivity index (χ2n) is 5.28. The van der Waals surface area contributed by atoms with Crippen LogP contribution in [0.25, 0.3) is 22.1 Å². The van der Waals surface area contributed by atoms with Crippen molar-refractivity contribution in [3.63, 3.8) is 0 Å². The molecule has 0 spiro atoms. The van der Waals surface area contributed by atoms with Gasteiger partial charge in [-0.1, -0.05) is 29.8 Å². The van der Waals surface area contributed by atoms with Crippen LogP contribution in [0.3, 0.4) is 0 Å². The fourth-order valence-corrected chi connectivity index (χ4v) is 2.32. The molecule has 1 heterocycles. The predicted molar refractivity (Wildman–Crippen MR) is 82.1 cm³/mol. The molecule has 2 nitrogen and oxygen atoms in total. The molecule has 0 amide bonds. The molecular formula is C18H16O2. The van der Waals surface area contributed by atoms with Crippen molar-refractivity contribution in [1.29, 1.82) is 0 Å². The second-order valence-corrected chi connectivity index (χ2v) is 5.28. The molecule has 2 heteroatoms. The minimum atomic E-state index is 0.0261. The molecule has 3 aromatic rings. The van der Waals surface area contributed by atoms with Crippen LogP contribution in [-0.2, 0) is 0 Å². The van der Waals surface area contributed by atoms with Crippen LogP contribution < -0.4 is 5.43 Å². The van der Waals surface area contributed by atoms with Crippen molar-refractivity contribution in [2.45, 2.75) is 20.8 Å². The monoisotopic (exact) mass is 264 g/mol. The summed E-state index contributed by atoms with van der Waals surface area (Å²) in [6, 6.07) is 11.7. The van der Waals surface area contributed by atoms with E-state index in [1.54, 1.807) is 6.26 Å². The highest BCUT2D eigenvalue weighted by molar-refractivity contribution is 5.82. The Morgan fingerprint density at radius 3 is 2.25 bits per heavy atom. The maximum absolute atomic E-state index is 12.6. The highest BCUT2D eigenvalue weighted by Crippen LogP contribution is 2.22. The number of fused-ring (bicyclic) bond motifs is 1. The molecule has 0 atom stereocenters. The van der Waals surface area contributed by atoms with Gasteiger partial charge in [0.2, 0.25) is 0 Å². The molecule has 0 bridgehead atoms. The first-order valence-electron chi connectivity index (χ1n) is 6.66. The third-order valence-electron chi connectivity index (χ3n) is 3.75. The summed E-state index contributed by atoms with van der Waals surface area (Å²) in [6.45, 7) is 6.05. The van der Waals surface area contributed by atoms with Crippen LogP contribution >= 0.6 is 0 Å². The molecule has 0 N–H and O–H groups in total. The largest absolute Gasteiger partial charge is 0.463 e. The molecule has 0 fully saturated rings. The summed E-state index contributed by atoms with van der Waals surface area (Å²) in [7, 11) is 0. The molecule has 0 radical (unpaired) electrons. The van der Waals surface area contributed by atoms with Crippen molar-refractivity contribution >= 4 is 11.0 Å². The lowest BCUT2D eigenvalue weighted by Crippen LogP contribution is -2.05. The normalized spacial score (nSPS) is 10.9. The zero-order valence-corrected chi connectivity index (χ0v) is 11.9. The average Bonchev–Trinajstić information content (AvgIpc) is 2.43. The van der Waals surface area contributed by atoms with Crippen LogP contribution in [0, 0.1) is 20.8 Å². The lowest BCUT2D eigenvalue weighted by molar-refractivity contribution is 0.604. The van der Waals surface area contributed by atoms with E-state index >= 15 is 0 Å². The summed E-state index contributed by atoms with van der Waals surface area (Å²) in [5, 5.41) is 0.645. The maximum atomic E-state index is 12.6. The van der Waals surface area contributed by atoms with Gasteiger partial charge < -0.3 is 4.42 Å². The van der Waals surface area contributed by atoms with Gasteiger partial charge in [-0.3, -0.25) is 4.79 Å². The molecule has 100 valence electrons. The molecule has 0 saturated carbocycles. The summed E-state index contributed by atoms with van der Waals surface area (Å²) in [5.41, 5.74) is 5.58. The van der Waals surface area contributed by atoms with Gasteiger partial charge in [-0.05, 0) is 49.6 Å². The van der Waals surface area contributed by atoms with Crippen molar-refractivity contribution in [2.75, 3.05) is 0 Å². The quantitative estimate of drug-likeness (QED) is 0.652. The molecule has 0 aliphatic rings. The molecule has 0 aliphatic heterocycles. The van der Waals surface area contributed by atoms with Crippen molar-refractivity contribution in [3.8, 4) is 11.1 Å². The predicted octanol–water partition coefficient (Wildman–Crippen LogP) is 4.39. The van der Waals surface area contributed by atoms with E-state index in [9.17, 15) is 4.79 Å². The Morgan fingerprint density at radius 1 is 0.900 bits per heavy atom. The van der Waals surface area contributed by atoms with Crippen LogP contribution in [0.2, 0.25) is 0 Å². The first-order valence-corrected chi connectivity index (χ1v) is 6.66. The van der Waals surface area contributed by atoms with Crippen LogP contribution in [0.4, 0.5) is 0 Å². The first-order chi connectivity index (χ1) is 9.56. The Morgan fingerprint density at radius 2 is 1.55 bits per heavy atom. The molecule has 0 saturated heterocycles. The Kier molecular flexibility index (Phi) is 2.94. The van der Waals surface area contributed by atoms with E-state index in [1.165, 1.54) is 5.56 Å². The zero-order chi connectivity index (χ0) is 14.3. The number of aryl methyl sites for hydroxylation is 3. The van der Waals surface area contributed by atoms with Gasteiger partial charge in [0, 0.05) is 0 Å². The highest BCUT2D eigenvalue weighted by atomic mass is 16.3.